The lowest BCUT2D eigenvalue weighted by Crippen LogP contribution is -2.50. The first-order chi connectivity index (χ1) is 13.9. The summed E-state index contributed by atoms with van der Waals surface area (Å²) in [5, 5.41) is 23.5. The first-order valence-corrected chi connectivity index (χ1v) is 10.3. The van der Waals surface area contributed by atoms with Gasteiger partial charge in [-0.1, -0.05) is 43.0 Å². The van der Waals surface area contributed by atoms with Gasteiger partial charge in [-0.05, 0) is 67.5 Å². The van der Waals surface area contributed by atoms with E-state index in [1.54, 1.807) is 18.2 Å². The number of hydrogen-bond donors (Lipinski definition) is 2. The van der Waals surface area contributed by atoms with Crippen molar-refractivity contribution in [1.29, 1.82) is 5.26 Å². The zero-order chi connectivity index (χ0) is 20.9. The van der Waals surface area contributed by atoms with Crippen molar-refractivity contribution in [2.75, 3.05) is 5.32 Å². The first kappa shape index (κ1) is 21.3. The zero-order valence-electron chi connectivity index (χ0n) is 16.1. The van der Waals surface area contributed by atoms with Crippen LogP contribution < -0.4 is 5.32 Å². The minimum absolute atomic E-state index is 0.134. The highest BCUT2D eigenvalue weighted by Crippen LogP contribution is 2.37. The standard InChI is InChI=1S/C23H24ClFN2O2/c24-21-14-20(11-8-17(21)15-26)27-22(28)23(29,18-4-2-1-3-5-18)13-12-16-6-9-19(25)10-7-16/h6-11,14,18,29H,1-5,12-13H2,(H,27,28). The van der Waals surface area contributed by atoms with Crippen LogP contribution in [0.25, 0.3) is 0 Å². The molecule has 1 atom stereocenters. The molecule has 0 bridgehead atoms. The Morgan fingerprint density at radius 2 is 1.90 bits per heavy atom. The molecule has 1 saturated carbocycles. The lowest BCUT2D eigenvalue weighted by Gasteiger charge is -2.37. The number of aliphatic hydroxyl groups is 1. The van der Waals surface area contributed by atoms with Crippen LogP contribution in [0.4, 0.5) is 10.1 Å². The molecule has 1 unspecified atom stereocenters. The second kappa shape index (κ2) is 9.39. The Morgan fingerprint density at radius 1 is 1.21 bits per heavy atom. The van der Waals surface area contributed by atoms with Gasteiger partial charge in [-0.25, -0.2) is 4.39 Å². The van der Waals surface area contributed by atoms with Gasteiger partial charge >= 0.3 is 0 Å². The molecule has 0 radical (unpaired) electrons. The van der Waals surface area contributed by atoms with E-state index in [0.717, 1.165) is 37.7 Å². The molecule has 2 N–H and O–H groups in total. The van der Waals surface area contributed by atoms with Gasteiger partial charge < -0.3 is 10.4 Å². The van der Waals surface area contributed by atoms with E-state index in [4.69, 9.17) is 16.9 Å². The molecular formula is C23H24ClFN2O2. The summed E-state index contributed by atoms with van der Waals surface area (Å²) in [7, 11) is 0. The molecule has 6 heteroatoms. The number of nitrogens with one attached hydrogen (secondary N) is 1. The number of rotatable bonds is 6. The molecule has 29 heavy (non-hydrogen) atoms. The minimum atomic E-state index is -1.53. The maximum Gasteiger partial charge on any atom is 0.256 e. The number of aryl methyl sites for hydroxylation is 1. The Labute approximate surface area is 175 Å². The van der Waals surface area contributed by atoms with Crippen LogP contribution in [0.5, 0.6) is 0 Å². The molecule has 0 aliphatic heterocycles. The fourth-order valence-corrected chi connectivity index (χ4v) is 4.21. The van der Waals surface area contributed by atoms with Crippen molar-refractivity contribution in [1.82, 2.24) is 0 Å². The van der Waals surface area contributed by atoms with Gasteiger partial charge in [0.25, 0.3) is 5.91 Å². The van der Waals surface area contributed by atoms with Gasteiger partial charge in [-0.15, -0.1) is 0 Å². The van der Waals surface area contributed by atoms with E-state index in [1.807, 2.05) is 6.07 Å². The summed E-state index contributed by atoms with van der Waals surface area (Å²) in [6, 6.07) is 12.7. The summed E-state index contributed by atoms with van der Waals surface area (Å²) in [6.45, 7) is 0. The van der Waals surface area contributed by atoms with Crippen LogP contribution in [-0.4, -0.2) is 16.6 Å². The fraction of sp³-hybridized carbons (Fsp3) is 0.391. The summed E-state index contributed by atoms with van der Waals surface area (Å²) in [5.41, 5.74) is 0.100. The molecule has 4 nitrogen and oxygen atoms in total. The van der Waals surface area contributed by atoms with Crippen molar-refractivity contribution >= 4 is 23.2 Å². The minimum Gasteiger partial charge on any atom is -0.380 e. The van der Waals surface area contributed by atoms with Gasteiger partial charge in [0.05, 0.1) is 10.6 Å². The van der Waals surface area contributed by atoms with E-state index in [1.165, 1.54) is 24.3 Å². The Balaban J connectivity index is 1.79. The maximum absolute atomic E-state index is 13.2. The van der Waals surface area contributed by atoms with E-state index in [9.17, 15) is 14.3 Å². The summed E-state index contributed by atoms with van der Waals surface area (Å²) in [6.07, 6.45) is 5.38. The van der Waals surface area contributed by atoms with E-state index in [-0.39, 0.29) is 23.2 Å². The third-order valence-electron chi connectivity index (χ3n) is 5.73. The van der Waals surface area contributed by atoms with Gasteiger partial charge in [0.1, 0.15) is 17.5 Å². The molecule has 0 spiro atoms. The maximum atomic E-state index is 13.2. The Kier molecular flexibility index (Phi) is 6.89. The fourth-order valence-electron chi connectivity index (χ4n) is 3.99. The molecule has 152 valence electrons. The highest BCUT2D eigenvalue weighted by atomic mass is 35.5. The average Bonchev–Trinajstić information content (AvgIpc) is 2.74. The van der Waals surface area contributed by atoms with Crippen molar-refractivity contribution in [2.45, 2.75) is 50.5 Å². The van der Waals surface area contributed by atoms with Crippen molar-refractivity contribution < 1.29 is 14.3 Å². The molecule has 1 amide bonds. The van der Waals surface area contributed by atoms with Crippen LogP contribution in [0, 0.1) is 23.1 Å². The third-order valence-corrected chi connectivity index (χ3v) is 6.04. The Morgan fingerprint density at radius 3 is 2.52 bits per heavy atom. The number of amides is 1. The van der Waals surface area contributed by atoms with Gasteiger partial charge in [-0.2, -0.15) is 5.26 Å². The molecule has 2 aromatic carbocycles. The summed E-state index contributed by atoms with van der Waals surface area (Å²) >= 11 is 6.06. The Bertz CT molecular complexity index is 904. The van der Waals surface area contributed by atoms with Gasteiger partial charge in [-0.3, -0.25) is 4.79 Å². The quantitative estimate of drug-likeness (QED) is 0.679. The van der Waals surface area contributed by atoms with Crippen LogP contribution in [0.1, 0.15) is 49.7 Å². The van der Waals surface area contributed by atoms with E-state index < -0.39 is 11.5 Å². The largest absolute Gasteiger partial charge is 0.380 e. The molecule has 1 aliphatic carbocycles. The molecule has 3 rings (SSSR count). The summed E-state index contributed by atoms with van der Waals surface area (Å²) in [5.74, 6) is -0.912. The van der Waals surface area contributed by atoms with E-state index in [2.05, 4.69) is 5.32 Å². The van der Waals surface area contributed by atoms with Crippen molar-refractivity contribution in [3.05, 3.63) is 64.4 Å². The molecule has 0 saturated heterocycles. The van der Waals surface area contributed by atoms with Crippen LogP contribution in [0.3, 0.4) is 0 Å². The highest BCUT2D eigenvalue weighted by molar-refractivity contribution is 6.32. The number of halogens is 2. The molecule has 0 heterocycles. The van der Waals surface area contributed by atoms with Crippen molar-refractivity contribution in [2.24, 2.45) is 5.92 Å². The summed E-state index contributed by atoms with van der Waals surface area (Å²) < 4.78 is 13.2. The second-order valence-corrected chi connectivity index (χ2v) is 8.05. The average molecular weight is 415 g/mol. The van der Waals surface area contributed by atoms with Gasteiger partial charge in [0.2, 0.25) is 0 Å². The lowest BCUT2D eigenvalue weighted by molar-refractivity contribution is -0.142. The Hall–Kier alpha value is -2.42. The molecule has 1 aliphatic rings. The zero-order valence-corrected chi connectivity index (χ0v) is 16.9. The van der Waals surface area contributed by atoms with Crippen LogP contribution in [0.2, 0.25) is 5.02 Å². The number of nitriles is 1. The summed E-state index contributed by atoms with van der Waals surface area (Å²) in [4.78, 5) is 13.1. The lowest BCUT2D eigenvalue weighted by atomic mass is 9.73. The SMILES string of the molecule is N#Cc1ccc(NC(=O)C(O)(CCc2ccc(F)cc2)C2CCCCC2)cc1Cl. The van der Waals surface area contributed by atoms with Gasteiger partial charge in [0.15, 0.2) is 0 Å². The normalized spacial score (nSPS) is 16.6. The molecule has 1 fully saturated rings. The van der Waals surface area contributed by atoms with Gasteiger partial charge in [0, 0.05) is 5.69 Å². The molecular weight excluding hydrogens is 391 g/mol. The van der Waals surface area contributed by atoms with E-state index >= 15 is 0 Å². The predicted octanol–water partition coefficient (Wildman–Crippen LogP) is 5.23. The van der Waals surface area contributed by atoms with Crippen LogP contribution in [0.15, 0.2) is 42.5 Å². The number of anilines is 1. The smallest absolute Gasteiger partial charge is 0.256 e. The van der Waals surface area contributed by atoms with Crippen molar-refractivity contribution in [3.63, 3.8) is 0 Å². The predicted molar refractivity (Wildman–Crippen MR) is 111 cm³/mol. The number of hydrogen-bond acceptors (Lipinski definition) is 3. The monoisotopic (exact) mass is 414 g/mol. The second-order valence-electron chi connectivity index (χ2n) is 7.65. The van der Waals surface area contributed by atoms with Crippen molar-refractivity contribution in [3.8, 4) is 6.07 Å². The molecule has 0 aromatic heterocycles. The number of nitrogens with zero attached hydrogens (tertiary/aromatic N) is 1. The van der Waals surface area contributed by atoms with Crippen LogP contribution in [-0.2, 0) is 11.2 Å². The third kappa shape index (κ3) is 5.14. The first-order valence-electron chi connectivity index (χ1n) is 9.90. The van der Waals surface area contributed by atoms with E-state index in [0.29, 0.717) is 17.7 Å². The highest BCUT2D eigenvalue weighted by Gasteiger charge is 2.43. The van der Waals surface area contributed by atoms with Crippen LogP contribution >= 0.6 is 11.6 Å². The number of carbonyl (C=O) groups is 1. The topological polar surface area (TPSA) is 73.1 Å². The number of carbonyl (C=O) groups excluding carboxylic acids is 1. The molecule has 2 aromatic rings. The number of benzene rings is 2.